The highest BCUT2D eigenvalue weighted by atomic mass is 79.9. The van der Waals surface area contributed by atoms with Crippen LogP contribution in [0.25, 0.3) is 0 Å². The van der Waals surface area contributed by atoms with E-state index >= 15 is 0 Å². The number of methoxy groups -OCH3 is 1. The lowest BCUT2D eigenvalue weighted by molar-refractivity contribution is -0.143. The fourth-order valence-corrected chi connectivity index (χ4v) is 3.07. The van der Waals surface area contributed by atoms with E-state index in [9.17, 15) is 9.59 Å². The number of urea groups is 1. The molecule has 2 N–H and O–H groups in total. The molecule has 126 valence electrons. The van der Waals surface area contributed by atoms with E-state index in [2.05, 4.69) is 21.2 Å². The second-order valence-corrected chi connectivity index (χ2v) is 6.57. The van der Waals surface area contributed by atoms with Gasteiger partial charge in [-0.2, -0.15) is 0 Å². The molecule has 1 saturated heterocycles. The van der Waals surface area contributed by atoms with Crippen LogP contribution in [0.4, 0.5) is 4.79 Å². The molecule has 1 aliphatic heterocycles. The van der Waals surface area contributed by atoms with Gasteiger partial charge in [0.05, 0.1) is 19.1 Å². The van der Waals surface area contributed by atoms with Gasteiger partial charge in [-0.25, -0.2) is 4.79 Å². The molecule has 6 nitrogen and oxygen atoms in total. The summed E-state index contributed by atoms with van der Waals surface area (Å²) in [6.45, 7) is 2.83. The van der Waals surface area contributed by atoms with Gasteiger partial charge < -0.3 is 20.1 Å². The van der Waals surface area contributed by atoms with Gasteiger partial charge in [-0.3, -0.25) is 4.79 Å². The summed E-state index contributed by atoms with van der Waals surface area (Å²) >= 11 is 3.39. The van der Waals surface area contributed by atoms with Gasteiger partial charge >= 0.3 is 12.0 Å². The van der Waals surface area contributed by atoms with Crippen LogP contribution in [0, 0.1) is 5.92 Å². The van der Waals surface area contributed by atoms with E-state index in [0.717, 1.165) is 10.0 Å². The van der Waals surface area contributed by atoms with Crippen molar-refractivity contribution in [3.63, 3.8) is 0 Å². The van der Waals surface area contributed by atoms with E-state index < -0.39 is 5.97 Å². The number of nitrogens with one attached hydrogen (secondary N) is 1. The number of piperidine rings is 1. The SMILES string of the molecule is COc1cc(Br)ccc1C(C)NC(=O)N1CCC(C(=O)O)CC1. The van der Waals surface area contributed by atoms with Crippen molar-refractivity contribution < 1.29 is 19.4 Å². The Labute approximate surface area is 143 Å². The first kappa shape index (κ1) is 17.6. The summed E-state index contributed by atoms with van der Waals surface area (Å²) in [4.78, 5) is 25.0. The van der Waals surface area contributed by atoms with Crippen molar-refractivity contribution in [2.75, 3.05) is 20.2 Å². The minimum absolute atomic E-state index is 0.175. The van der Waals surface area contributed by atoms with Crippen LogP contribution in [-0.2, 0) is 4.79 Å². The molecule has 2 rings (SSSR count). The Bertz CT molecular complexity index is 585. The number of hydrogen-bond donors (Lipinski definition) is 2. The maximum atomic E-state index is 12.3. The molecule has 23 heavy (non-hydrogen) atoms. The molecule has 1 unspecified atom stereocenters. The summed E-state index contributed by atoms with van der Waals surface area (Å²) in [5.74, 6) is -0.419. The lowest BCUT2D eigenvalue weighted by atomic mass is 9.97. The molecular weight excluding hydrogens is 364 g/mol. The number of carbonyl (C=O) groups excluding carboxylic acids is 1. The number of rotatable bonds is 4. The summed E-state index contributed by atoms with van der Waals surface area (Å²) in [6, 6.07) is 5.29. The topological polar surface area (TPSA) is 78.9 Å². The highest BCUT2D eigenvalue weighted by Crippen LogP contribution is 2.28. The molecule has 1 fully saturated rings. The number of benzene rings is 1. The first-order valence-corrected chi connectivity index (χ1v) is 8.33. The highest BCUT2D eigenvalue weighted by molar-refractivity contribution is 9.10. The third-order valence-electron chi connectivity index (χ3n) is 4.13. The first-order valence-electron chi connectivity index (χ1n) is 7.54. The van der Waals surface area contributed by atoms with E-state index in [4.69, 9.17) is 9.84 Å². The zero-order chi connectivity index (χ0) is 17.0. The fraction of sp³-hybridized carbons (Fsp3) is 0.500. The van der Waals surface area contributed by atoms with Crippen molar-refractivity contribution in [2.45, 2.75) is 25.8 Å². The molecule has 1 atom stereocenters. The molecule has 1 heterocycles. The summed E-state index contributed by atoms with van der Waals surface area (Å²) in [7, 11) is 1.59. The lowest BCUT2D eigenvalue weighted by Crippen LogP contribution is -2.46. The van der Waals surface area contributed by atoms with Gasteiger partial charge in [-0.05, 0) is 31.9 Å². The minimum Gasteiger partial charge on any atom is -0.496 e. The van der Waals surface area contributed by atoms with Gasteiger partial charge in [0.2, 0.25) is 0 Å². The molecule has 0 saturated carbocycles. The summed E-state index contributed by atoms with van der Waals surface area (Å²) in [6.07, 6.45) is 0.997. The normalized spacial score (nSPS) is 16.7. The summed E-state index contributed by atoms with van der Waals surface area (Å²) in [5, 5.41) is 11.9. The van der Waals surface area contributed by atoms with Gasteiger partial charge in [0, 0.05) is 23.1 Å². The maximum absolute atomic E-state index is 12.3. The van der Waals surface area contributed by atoms with E-state index in [1.807, 2.05) is 25.1 Å². The number of likely N-dealkylation sites (tertiary alicyclic amines) is 1. The number of nitrogens with zero attached hydrogens (tertiary/aromatic N) is 1. The van der Waals surface area contributed by atoms with Crippen LogP contribution < -0.4 is 10.1 Å². The van der Waals surface area contributed by atoms with Gasteiger partial charge in [-0.1, -0.05) is 22.0 Å². The van der Waals surface area contributed by atoms with E-state index in [-0.39, 0.29) is 18.0 Å². The third kappa shape index (κ3) is 4.37. The molecule has 0 radical (unpaired) electrons. The fourth-order valence-electron chi connectivity index (χ4n) is 2.73. The Morgan fingerprint density at radius 3 is 2.61 bits per heavy atom. The Kier molecular flexibility index (Phi) is 5.87. The van der Waals surface area contributed by atoms with Crippen LogP contribution in [0.5, 0.6) is 5.75 Å². The number of carboxylic acids is 1. The molecule has 0 bridgehead atoms. The number of ether oxygens (including phenoxy) is 1. The second-order valence-electron chi connectivity index (χ2n) is 5.66. The number of carboxylic acid groups (broad SMARTS) is 1. The Morgan fingerprint density at radius 2 is 2.04 bits per heavy atom. The van der Waals surface area contributed by atoms with Crippen LogP contribution in [0.15, 0.2) is 22.7 Å². The van der Waals surface area contributed by atoms with E-state index in [0.29, 0.717) is 31.7 Å². The van der Waals surface area contributed by atoms with Gasteiger partial charge in [0.1, 0.15) is 5.75 Å². The summed E-state index contributed by atoms with van der Waals surface area (Å²) < 4.78 is 6.26. The minimum atomic E-state index is -0.780. The Hall–Kier alpha value is -1.76. The van der Waals surface area contributed by atoms with E-state index in [1.54, 1.807) is 12.0 Å². The van der Waals surface area contributed by atoms with Gasteiger partial charge in [0.25, 0.3) is 0 Å². The van der Waals surface area contributed by atoms with Gasteiger partial charge in [0.15, 0.2) is 0 Å². The Morgan fingerprint density at radius 1 is 1.39 bits per heavy atom. The van der Waals surface area contributed by atoms with Crippen LogP contribution in [0.2, 0.25) is 0 Å². The van der Waals surface area contributed by atoms with Crippen molar-refractivity contribution in [2.24, 2.45) is 5.92 Å². The van der Waals surface area contributed by atoms with Crippen LogP contribution in [0.1, 0.15) is 31.4 Å². The van der Waals surface area contributed by atoms with Crippen molar-refractivity contribution in [3.05, 3.63) is 28.2 Å². The molecular formula is C16H21BrN2O4. The average Bonchev–Trinajstić information content (AvgIpc) is 2.54. The number of amides is 2. The largest absolute Gasteiger partial charge is 0.496 e. The number of carbonyl (C=O) groups is 2. The predicted molar refractivity (Wildman–Crippen MR) is 89.6 cm³/mol. The smallest absolute Gasteiger partial charge is 0.317 e. The average molecular weight is 385 g/mol. The third-order valence-corrected chi connectivity index (χ3v) is 4.63. The van der Waals surface area contributed by atoms with Crippen molar-refractivity contribution >= 4 is 27.9 Å². The predicted octanol–water partition coefficient (Wildman–Crippen LogP) is 3.02. The number of halogens is 1. The second kappa shape index (κ2) is 7.68. The molecule has 1 aromatic carbocycles. The molecule has 1 aliphatic rings. The number of hydrogen-bond acceptors (Lipinski definition) is 3. The molecule has 2 amide bonds. The molecule has 7 heteroatoms. The van der Waals surface area contributed by atoms with E-state index in [1.165, 1.54) is 0 Å². The zero-order valence-electron chi connectivity index (χ0n) is 13.2. The Balaban J connectivity index is 1.97. The molecule has 0 aliphatic carbocycles. The maximum Gasteiger partial charge on any atom is 0.317 e. The molecule has 1 aromatic rings. The zero-order valence-corrected chi connectivity index (χ0v) is 14.8. The van der Waals surface area contributed by atoms with Crippen molar-refractivity contribution in [1.82, 2.24) is 10.2 Å². The molecule has 0 spiro atoms. The molecule has 0 aromatic heterocycles. The number of aliphatic carboxylic acids is 1. The van der Waals surface area contributed by atoms with Crippen molar-refractivity contribution in [3.8, 4) is 5.75 Å². The first-order chi connectivity index (χ1) is 10.9. The monoisotopic (exact) mass is 384 g/mol. The van der Waals surface area contributed by atoms with Crippen LogP contribution in [0.3, 0.4) is 0 Å². The lowest BCUT2D eigenvalue weighted by Gasteiger charge is -2.31. The van der Waals surface area contributed by atoms with Crippen LogP contribution in [-0.4, -0.2) is 42.2 Å². The van der Waals surface area contributed by atoms with Crippen LogP contribution >= 0.6 is 15.9 Å². The van der Waals surface area contributed by atoms with Gasteiger partial charge in [-0.15, -0.1) is 0 Å². The quantitative estimate of drug-likeness (QED) is 0.835. The standard InChI is InChI=1S/C16H21BrN2O4/c1-10(13-4-3-12(17)9-14(13)23-2)18-16(22)19-7-5-11(6-8-19)15(20)21/h3-4,9-11H,5-8H2,1-2H3,(H,18,22)(H,20,21). The van der Waals surface area contributed by atoms with Crippen molar-refractivity contribution in [1.29, 1.82) is 0 Å². The summed E-state index contributed by atoms with van der Waals surface area (Å²) in [5.41, 5.74) is 0.893. The highest BCUT2D eigenvalue weighted by Gasteiger charge is 2.27.